The number of carbonyl (C=O) groups excluding carboxylic acids is 1. The quantitative estimate of drug-likeness (QED) is 0.622. The largest absolute Gasteiger partial charge is 0.497 e. The number of piperidine rings is 1. The molecule has 4 rings (SSSR count). The Morgan fingerprint density at radius 2 is 1.81 bits per heavy atom. The minimum atomic E-state index is -0.0937. The van der Waals surface area contributed by atoms with Crippen molar-refractivity contribution in [1.82, 2.24) is 20.4 Å². The maximum absolute atomic E-state index is 12.8. The maximum atomic E-state index is 12.8. The van der Waals surface area contributed by atoms with Gasteiger partial charge in [0.05, 0.1) is 13.2 Å². The lowest BCUT2D eigenvalue weighted by molar-refractivity contribution is 0.0924. The van der Waals surface area contributed by atoms with Crippen LogP contribution in [0, 0.1) is 6.92 Å². The van der Waals surface area contributed by atoms with E-state index in [1.165, 1.54) is 24.8 Å². The van der Waals surface area contributed by atoms with Crippen molar-refractivity contribution in [1.29, 1.82) is 0 Å². The smallest absolute Gasteiger partial charge is 0.257 e. The second-order valence-corrected chi connectivity index (χ2v) is 7.82. The Hall–Kier alpha value is -3.19. The second kappa shape index (κ2) is 9.75. The first kappa shape index (κ1) is 21.1. The van der Waals surface area contributed by atoms with Crippen molar-refractivity contribution in [3.05, 3.63) is 65.5 Å². The number of carbonyl (C=O) groups is 1. The summed E-state index contributed by atoms with van der Waals surface area (Å²) in [6, 6.07) is 15.5. The van der Waals surface area contributed by atoms with E-state index in [2.05, 4.69) is 32.5 Å². The number of methoxy groups -OCH3 is 1. The lowest BCUT2D eigenvalue weighted by atomic mass is 10.0. The van der Waals surface area contributed by atoms with Gasteiger partial charge in [0.1, 0.15) is 5.75 Å². The predicted octanol–water partition coefficient (Wildman–Crippen LogP) is 4.01. The van der Waals surface area contributed by atoms with Gasteiger partial charge in [-0.05, 0) is 74.8 Å². The number of amides is 1. The Morgan fingerprint density at radius 1 is 1.10 bits per heavy atom. The third-order valence-corrected chi connectivity index (χ3v) is 5.71. The van der Waals surface area contributed by atoms with Crippen molar-refractivity contribution >= 4 is 5.91 Å². The molecule has 1 aromatic heterocycles. The first-order valence-corrected chi connectivity index (χ1v) is 10.7. The molecule has 162 valence electrons. The van der Waals surface area contributed by atoms with E-state index >= 15 is 0 Å². The number of hydrogen-bond donors (Lipinski definition) is 1. The van der Waals surface area contributed by atoms with Crippen molar-refractivity contribution in [2.75, 3.05) is 26.7 Å². The van der Waals surface area contributed by atoms with Gasteiger partial charge in [0.15, 0.2) is 5.82 Å². The first-order valence-electron chi connectivity index (χ1n) is 10.7. The molecule has 2 aromatic carbocycles. The predicted molar refractivity (Wildman–Crippen MR) is 118 cm³/mol. The average Bonchev–Trinajstić information content (AvgIpc) is 3.26. The highest BCUT2D eigenvalue weighted by molar-refractivity contribution is 5.94. The van der Waals surface area contributed by atoms with E-state index in [1.54, 1.807) is 26.2 Å². The van der Waals surface area contributed by atoms with Gasteiger partial charge in [-0.1, -0.05) is 23.7 Å². The first-order chi connectivity index (χ1) is 15.1. The summed E-state index contributed by atoms with van der Waals surface area (Å²) in [6.45, 7) is 4.42. The fourth-order valence-corrected chi connectivity index (χ4v) is 3.98. The van der Waals surface area contributed by atoms with Crippen LogP contribution >= 0.6 is 0 Å². The Labute approximate surface area is 182 Å². The van der Waals surface area contributed by atoms with E-state index in [-0.39, 0.29) is 11.9 Å². The van der Waals surface area contributed by atoms with Crippen LogP contribution in [0.2, 0.25) is 0 Å². The molecular formula is C24H28N4O3. The van der Waals surface area contributed by atoms with Gasteiger partial charge in [-0.3, -0.25) is 9.69 Å². The third kappa shape index (κ3) is 5.11. The molecule has 31 heavy (non-hydrogen) atoms. The van der Waals surface area contributed by atoms with Gasteiger partial charge in [0.2, 0.25) is 0 Å². The highest BCUT2D eigenvalue weighted by Crippen LogP contribution is 2.26. The zero-order chi connectivity index (χ0) is 21.6. The Morgan fingerprint density at radius 3 is 2.42 bits per heavy atom. The Bertz CT molecular complexity index is 992. The molecule has 0 unspecified atom stereocenters. The standard InChI is InChI=1S/C24H28N4O3/c1-17-26-24(31-27-17)20-8-6-19(7-9-20)23(29)25-16-22(28-14-4-3-5-15-28)18-10-12-21(30-2)13-11-18/h6-13,22H,3-5,14-16H2,1-2H3,(H,25,29)/t22-/m1/s1. The van der Waals surface area contributed by atoms with Crippen LogP contribution in [0.15, 0.2) is 53.1 Å². The highest BCUT2D eigenvalue weighted by atomic mass is 16.5. The van der Waals surface area contributed by atoms with E-state index in [4.69, 9.17) is 9.26 Å². The maximum Gasteiger partial charge on any atom is 0.257 e. The molecule has 0 spiro atoms. The van der Waals surface area contributed by atoms with Gasteiger partial charge in [0, 0.05) is 17.7 Å². The average molecular weight is 421 g/mol. The van der Waals surface area contributed by atoms with Crippen LogP contribution in [0.1, 0.15) is 47.1 Å². The minimum Gasteiger partial charge on any atom is -0.497 e. The van der Waals surface area contributed by atoms with Crippen LogP contribution in [0.5, 0.6) is 5.75 Å². The summed E-state index contributed by atoms with van der Waals surface area (Å²) in [7, 11) is 1.67. The van der Waals surface area contributed by atoms with Crippen LogP contribution in [-0.4, -0.2) is 47.7 Å². The van der Waals surface area contributed by atoms with Gasteiger partial charge in [-0.25, -0.2) is 0 Å². The Balaban J connectivity index is 1.44. The van der Waals surface area contributed by atoms with E-state index in [1.807, 2.05) is 24.3 Å². The molecule has 7 heteroatoms. The summed E-state index contributed by atoms with van der Waals surface area (Å²) < 4.78 is 10.5. The van der Waals surface area contributed by atoms with Gasteiger partial charge in [-0.15, -0.1) is 0 Å². The molecule has 1 N–H and O–H groups in total. The fourth-order valence-electron chi connectivity index (χ4n) is 3.98. The number of benzene rings is 2. The van der Waals surface area contributed by atoms with Crippen molar-refractivity contribution in [3.63, 3.8) is 0 Å². The molecule has 1 fully saturated rings. The van der Waals surface area contributed by atoms with Crippen LogP contribution in [0.4, 0.5) is 0 Å². The van der Waals surface area contributed by atoms with Crippen molar-refractivity contribution in [2.45, 2.75) is 32.2 Å². The normalized spacial score (nSPS) is 15.4. The molecule has 1 aliphatic rings. The summed E-state index contributed by atoms with van der Waals surface area (Å²) in [6.07, 6.45) is 3.65. The van der Waals surface area contributed by atoms with Crippen LogP contribution in [0.3, 0.4) is 0 Å². The van der Waals surface area contributed by atoms with Crippen LogP contribution < -0.4 is 10.1 Å². The summed E-state index contributed by atoms with van der Waals surface area (Å²) in [4.78, 5) is 19.5. The summed E-state index contributed by atoms with van der Waals surface area (Å²) in [5, 5.41) is 6.93. The SMILES string of the molecule is COc1ccc([C@@H](CNC(=O)c2ccc(-c3nc(C)no3)cc2)N2CCCCC2)cc1. The van der Waals surface area contributed by atoms with Gasteiger partial charge < -0.3 is 14.6 Å². The number of aryl methyl sites for hydroxylation is 1. The van der Waals surface area contributed by atoms with Crippen molar-refractivity contribution in [3.8, 4) is 17.2 Å². The molecule has 0 bridgehead atoms. The van der Waals surface area contributed by atoms with Crippen LogP contribution in [0.25, 0.3) is 11.5 Å². The molecule has 0 radical (unpaired) electrons. The third-order valence-electron chi connectivity index (χ3n) is 5.71. The Kier molecular flexibility index (Phi) is 6.62. The van der Waals surface area contributed by atoms with Crippen molar-refractivity contribution in [2.24, 2.45) is 0 Å². The lowest BCUT2D eigenvalue weighted by Gasteiger charge is -2.35. The number of hydrogen-bond acceptors (Lipinski definition) is 6. The van der Waals surface area contributed by atoms with Gasteiger partial charge >= 0.3 is 0 Å². The number of nitrogens with one attached hydrogen (secondary N) is 1. The monoisotopic (exact) mass is 420 g/mol. The number of aromatic nitrogens is 2. The fraction of sp³-hybridized carbons (Fsp3) is 0.375. The number of rotatable bonds is 7. The van der Waals surface area contributed by atoms with Gasteiger partial charge in [0.25, 0.3) is 11.8 Å². The molecule has 0 saturated carbocycles. The number of ether oxygens (including phenoxy) is 1. The highest BCUT2D eigenvalue weighted by Gasteiger charge is 2.23. The summed E-state index contributed by atoms with van der Waals surface area (Å²) in [5.41, 5.74) is 2.58. The molecular weight excluding hydrogens is 392 g/mol. The van der Waals surface area contributed by atoms with Crippen LogP contribution in [-0.2, 0) is 0 Å². The molecule has 3 aromatic rings. The number of likely N-dealkylation sites (tertiary alicyclic amines) is 1. The van der Waals surface area contributed by atoms with E-state index in [0.29, 0.717) is 23.8 Å². The molecule has 1 aliphatic heterocycles. The minimum absolute atomic E-state index is 0.0937. The molecule has 1 saturated heterocycles. The molecule has 1 atom stereocenters. The topological polar surface area (TPSA) is 80.5 Å². The van der Waals surface area contributed by atoms with E-state index < -0.39 is 0 Å². The zero-order valence-corrected chi connectivity index (χ0v) is 18.0. The summed E-state index contributed by atoms with van der Waals surface area (Å²) in [5.74, 6) is 1.78. The zero-order valence-electron chi connectivity index (χ0n) is 18.0. The molecule has 7 nitrogen and oxygen atoms in total. The molecule has 2 heterocycles. The number of nitrogens with zero attached hydrogens (tertiary/aromatic N) is 3. The molecule has 0 aliphatic carbocycles. The van der Waals surface area contributed by atoms with E-state index in [9.17, 15) is 4.79 Å². The van der Waals surface area contributed by atoms with E-state index in [0.717, 1.165) is 24.4 Å². The van der Waals surface area contributed by atoms with Gasteiger partial charge in [-0.2, -0.15) is 4.98 Å². The van der Waals surface area contributed by atoms with Crippen molar-refractivity contribution < 1.29 is 14.1 Å². The lowest BCUT2D eigenvalue weighted by Crippen LogP contribution is -2.40. The second-order valence-electron chi connectivity index (χ2n) is 7.82. The molecule has 1 amide bonds. The summed E-state index contributed by atoms with van der Waals surface area (Å²) >= 11 is 0.